The van der Waals surface area contributed by atoms with Crippen LogP contribution in [0.1, 0.15) is 26.7 Å². The molecule has 17 nitrogen and oxygen atoms in total. The fraction of sp³-hybridized carbons (Fsp3) is 0.609. The summed E-state index contributed by atoms with van der Waals surface area (Å²) in [6.07, 6.45) is -2.33. The number of amides is 4. The molecule has 42 heavy (non-hydrogen) atoms. The highest BCUT2D eigenvalue weighted by Crippen LogP contribution is 2.10. The highest BCUT2D eigenvalue weighted by molar-refractivity contribution is 8.00. The van der Waals surface area contributed by atoms with Gasteiger partial charge in [0.2, 0.25) is 23.4 Å². The maximum Gasteiger partial charge on any atom is 0.413 e. The van der Waals surface area contributed by atoms with Gasteiger partial charge in [-0.05, 0) is 20.3 Å². The van der Waals surface area contributed by atoms with Crippen molar-refractivity contribution in [1.82, 2.24) is 15.5 Å². The molecule has 236 valence electrons. The normalized spacial score (nSPS) is 12.6. The number of aliphatic carboxylic acids is 1. The van der Waals surface area contributed by atoms with Crippen LogP contribution in [0.3, 0.4) is 0 Å². The average molecular weight is 639 g/mol. The van der Waals surface area contributed by atoms with Gasteiger partial charge in [-0.15, -0.1) is 0 Å². The summed E-state index contributed by atoms with van der Waals surface area (Å²) in [6, 6.07) is -4.36. The molecule has 0 aromatic carbocycles. The predicted octanol–water partition coefficient (Wildman–Crippen LogP) is -1.98. The van der Waals surface area contributed by atoms with Crippen LogP contribution >= 0.6 is 23.5 Å². The number of rotatable bonds is 20. The van der Waals surface area contributed by atoms with Crippen LogP contribution in [0, 0.1) is 0 Å². The quantitative estimate of drug-likeness (QED) is 0.0714. The van der Waals surface area contributed by atoms with E-state index in [1.54, 1.807) is 0 Å². The summed E-state index contributed by atoms with van der Waals surface area (Å²) < 4.78 is 9.18. The minimum atomic E-state index is -1.65. The first-order valence-corrected chi connectivity index (χ1v) is 14.6. The molecule has 0 fully saturated rings. The zero-order chi connectivity index (χ0) is 32.4. The maximum absolute atomic E-state index is 13.1. The van der Waals surface area contributed by atoms with Crippen LogP contribution in [0.4, 0.5) is 4.79 Å². The first-order chi connectivity index (χ1) is 19.7. The third-order valence-corrected chi connectivity index (χ3v) is 7.00. The minimum absolute atomic E-state index is 0.0432. The van der Waals surface area contributed by atoms with Crippen molar-refractivity contribution in [3.8, 4) is 0 Å². The molecule has 0 saturated carbocycles. The van der Waals surface area contributed by atoms with Crippen LogP contribution in [0.25, 0.3) is 0 Å². The predicted molar refractivity (Wildman–Crippen MR) is 147 cm³/mol. The van der Waals surface area contributed by atoms with Gasteiger partial charge in [0.1, 0.15) is 18.1 Å². The molecule has 0 radical (unpaired) electrons. The number of hydrogen-bond acceptors (Lipinski definition) is 14. The number of Topliss-reactive ketones (excluding diaryl/α,β-unsaturated/α-hetero) is 2. The second-order valence-electron chi connectivity index (χ2n) is 8.16. The van der Waals surface area contributed by atoms with Gasteiger partial charge in [-0.2, -0.15) is 23.5 Å². The third kappa shape index (κ3) is 14.8. The molecule has 0 aliphatic rings. The summed E-state index contributed by atoms with van der Waals surface area (Å²) in [5.41, 5.74) is 5.39. The number of nitrogens with one attached hydrogen (secondary N) is 2. The maximum atomic E-state index is 13.1. The molecule has 3 atom stereocenters. The molecule has 0 spiro atoms. The van der Waals surface area contributed by atoms with Crippen molar-refractivity contribution in [3.63, 3.8) is 0 Å². The Labute approximate surface area is 248 Å². The minimum Gasteiger partial charge on any atom is -0.480 e. The number of carbonyl (C=O) groups excluding carboxylic acids is 7. The monoisotopic (exact) mass is 638 g/mol. The van der Waals surface area contributed by atoms with Crippen molar-refractivity contribution < 1.29 is 62.8 Å². The Balaban J connectivity index is 5.71. The lowest BCUT2D eigenvalue weighted by molar-refractivity contribution is -0.152. The molecule has 4 amide bonds. The number of ether oxygens (including phenoxy) is 2. The van der Waals surface area contributed by atoms with E-state index < -0.39 is 89.3 Å². The molecular formula is C23H34N4O13S2. The first-order valence-electron chi connectivity index (χ1n) is 12.3. The van der Waals surface area contributed by atoms with E-state index in [2.05, 4.69) is 20.1 Å². The summed E-state index contributed by atoms with van der Waals surface area (Å²) >= 11 is 1.49. The fourth-order valence-corrected chi connectivity index (χ4v) is 4.49. The van der Waals surface area contributed by atoms with Crippen molar-refractivity contribution >= 4 is 76.8 Å². The number of nitrogens with zero attached hydrogens (tertiary/aromatic N) is 1. The Morgan fingerprint density at radius 1 is 0.810 bits per heavy atom. The largest absolute Gasteiger partial charge is 0.480 e. The lowest BCUT2D eigenvalue weighted by Gasteiger charge is -2.24. The van der Waals surface area contributed by atoms with Gasteiger partial charge in [0, 0.05) is 25.0 Å². The Morgan fingerprint density at radius 2 is 1.29 bits per heavy atom. The molecule has 0 aliphatic carbocycles. The fourth-order valence-electron chi connectivity index (χ4n) is 2.71. The van der Waals surface area contributed by atoms with Crippen LogP contribution in [-0.4, -0.2) is 130 Å². The number of carbonyl (C=O) groups is 9. The van der Waals surface area contributed by atoms with Crippen molar-refractivity contribution in [2.75, 3.05) is 43.3 Å². The van der Waals surface area contributed by atoms with Crippen molar-refractivity contribution in [1.29, 1.82) is 0 Å². The molecule has 0 saturated heterocycles. The van der Waals surface area contributed by atoms with E-state index in [0.717, 1.165) is 30.6 Å². The molecule has 19 heteroatoms. The molecule has 0 heterocycles. The lowest BCUT2D eigenvalue weighted by atomic mass is 10.1. The lowest BCUT2D eigenvalue weighted by Crippen LogP contribution is -2.56. The van der Waals surface area contributed by atoms with Crippen LogP contribution in [0.5, 0.6) is 0 Å². The van der Waals surface area contributed by atoms with Gasteiger partial charge in [-0.25, -0.2) is 19.3 Å². The highest BCUT2D eigenvalue weighted by Gasteiger charge is 2.31. The molecular weight excluding hydrogens is 604 g/mol. The van der Waals surface area contributed by atoms with Crippen LogP contribution in [0.15, 0.2) is 0 Å². The van der Waals surface area contributed by atoms with Crippen molar-refractivity contribution in [2.45, 2.75) is 44.8 Å². The number of carboxylic acids is 1. The molecule has 0 rings (SSSR count). The summed E-state index contributed by atoms with van der Waals surface area (Å²) in [5.74, 6) is -9.88. The first kappa shape index (κ1) is 38.3. The average Bonchev–Trinajstić information content (AvgIpc) is 2.93. The number of imide groups is 1. The van der Waals surface area contributed by atoms with E-state index in [9.17, 15) is 48.3 Å². The molecule has 0 bridgehead atoms. The second kappa shape index (κ2) is 20.2. The van der Waals surface area contributed by atoms with Gasteiger partial charge in [-0.1, -0.05) is 0 Å². The van der Waals surface area contributed by atoms with Crippen LogP contribution in [-0.2, 0) is 47.8 Å². The van der Waals surface area contributed by atoms with Crippen LogP contribution in [0.2, 0.25) is 0 Å². The van der Waals surface area contributed by atoms with Gasteiger partial charge in [-0.3, -0.25) is 28.8 Å². The Morgan fingerprint density at radius 3 is 1.71 bits per heavy atom. The number of nitrogens with two attached hydrogens (primary N) is 1. The number of thioether (sulfide) groups is 2. The van der Waals surface area contributed by atoms with E-state index in [-0.39, 0.29) is 36.0 Å². The standard InChI is InChI=1S/C23H34N4O13S2/c1-4-39-21(35)15(28)10-41-8-13(25-17(30)7-6-12(24)20(33)34)18(31)26-14(19(32)27(3)23(37)38)9-42-11-16(29)22(36)40-5-2/h12-14H,4-11,24H2,1-3H3,(H,25,30)(H,26,31)(H,33,34)(H,37,38). The topological polar surface area (TPSA) is 266 Å². The smallest absolute Gasteiger partial charge is 0.413 e. The van der Waals surface area contributed by atoms with E-state index in [1.165, 1.54) is 13.8 Å². The van der Waals surface area contributed by atoms with E-state index in [4.69, 9.17) is 10.8 Å². The molecule has 0 aromatic rings. The van der Waals surface area contributed by atoms with Gasteiger partial charge in [0.05, 0.1) is 24.7 Å². The summed E-state index contributed by atoms with van der Waals surface area (Å²) in [6.45, 7) is 2.90. The van der Waals surface area contributed by atoms with Crippen molar-refractivity contribution in [3.05, 3.63) is 0 Å². The van der Waals surface area contributed by atoms with Gasteiger partial charge < -0.3 is 36.1 Å². The molecule has 3 unspecified atom stereocenters. The molecule has 0 aliphatic heterocycles. The number of ketones is 2. The zero-order valence-electron chi connectivity index (χ0n) is 23.1. The van der Waals surface area contributed by atoms with Gasteiger partial charge >= 0.3 is 24.0 Å². The number of likely N-dealkylation sites (N-methyl/N-ethyl adjacent to an activating group) is 1. The SMILES string of the molecule is CCOC(=O)C(=O)CSCC(NC(=O)CCC(N)C(=O)O)C(=O)NC(CSCC(=O)C(=O)OCC)C(=O)N(C)C(=O)O. The Hall–Kier alpha value is -3.71. The molecule has 6 N–H and O–H groups in total. The van der Waals surface area contributed by atoms with Gasteiger partial charge in [0.15, 0.2) is 0 Å². The Bertz CT molecular complexity index is 1040. The summed E-state index contributed by atoms with van der Waals surface area (Å²) in [4.78, 5) is 108. The molecule has 0 aromatic heterocycles. The second-order valence-corrected chi connectivity index (χ2v) is 10.2. The highest BCUT2D eigenvalue weighted by atomic mass is 32.2. The summed E-state index contributed by atoms with van der Waals surface area (Å²) in [7, 11) is 0.917. The van der Waals surface area contributed by atoms with E-state index in [0.29, 0.717) is 0 Å². The summed E-state index contributed by atoms with van der Waals surface area (Å²) in [5, 5.41) is 22.7. The Kier molecular flexibility index (Phi) is 18.4. The number of hydrogen-bond donors (Lipinski definition) is 5. The van der Waals surface area contributed by atoms with E-state index in [1.807, 2.05) is 0 Å². The van der Waals surface area contributed by atoms with E-state index >= 15 is 0 Å². The zero-order valence-corrected chi connectivity index (χ0v) is 24.7. The van der Waals surface area contributed by atoms with Crippen molar-refractivity contribution in [2.24, 2.45) is 5.73 Å². The van der Waals surface area contributed by atoms with Gasteiger partial charge in [0.25, 0.3) is 5.91 Å². The third-order valence-electron chi connectivity index (χ3n) is 4.92. The number of carboxylic acid groups (broad SMARTS) is 2. The number of esters is 2. The van der Waals surface area contributed by atoms with Crippen LogP contribution < -0.4 is 16.4 Å².